The number of hydrogen-bond acceptors (Lipinski definition) is 0. The molecule has 106 valence electrons. The fourth-order valence-corrected chi connectivity index (χ4v) is 2.39. The lowest BCUT2D eigenvalue weighted by Gasteiger charge is -2.05. The van der Waals surface area contributed by atoms with Gasteiger partial charge < -0.3 is 0 Å². The first kappa shape index (κ1) is 14.4. The van der Waals surface area contributed by atoms with Gasteiger partial charge in [-0.05, 0) is 34.9 Å². The third-order valence-corrected chi connectivity index (χ3v) is 3.63. The largest absolute Gasteiger partial charge is 0.111 e. The van der Waals surface area contributed by atoms with Gasteiger partial charge in [0.1, 0.15) is 0 Å². The number of benzene rings is 3. The summed E-state index contributed by atoms with van der Waals surface area (Å²) in [5, 5.41) is 0.739. The van der Waals surface area contributed by atoms with Gasteiger partial charge >= 0.3 is 0 Å². The summed E-state index contributed by atoms with van der Waals surface area (Å²) < 4.78 is 0. The smallest absolute Gasteiger partial charge is 0.0406 e. The van der Waals surface area contributed by atoms with Crippen molar-refractivity contribution >= 4 is 23.3 Å². The van der Waals surface area contributed by atoms with E-state index in [9.17, 15) is 0 Å². The Kier molecular flexibility index (Phi) is 4.56. The Morgan fingerprint density at radius 3 is 1.86 bits per heavy atom. The van der Waals surface area contributed by atoms with E-state index in [4.69, 9.17) is 11.6 Å². The van der Waals surface area contributed by atoms with E-state index in [1.54, 1.807) is 0 Å². The molecule has 0 radical (unpaired) electrons. The fourth-order valence-electron chi connectivity index (χ4n) is 2.26. The van der Waals surface area contributed by atoms with Crippen LogP contribution >= 0.6 is 11.6 Å². The van der Waals surface area contributed by atoms with Crippen LogP contribution in [0.25, 0.3) is 11.6 Å². The summed E-state index contributed by atoms with van der Waals surface area (Å²) in [5.74, 6) is 0. The molecule has 0 amide bonds. The topological polar surface area (TPSA) is 0 Å². The van der Waals surface area contributed by atoms with Crippen LogP contribution in [0.3, 0.4) is 0 Å². The fraction of sp³-hybridized carbons (Fsp3) is 0. The zero-order chi connectivity index (χ0) is 15.2. The molecule has 0 saturated heterocycles. The van der Waals surface area contributed by atoms with E-state index in [1.165, 1.54) is 0 Å². The van der Waals surface area contributed by atoms with Crippen LogP contribution in [0, 0.1) is 0 Å². The van der Waals surface area contributed by atoms with Crippen molar-refractivity contribution in [3.63, 3.8) is 0 Å². The van der Waals surface area contributed by atoms with Crippen LogP contribution in [0.4, 0.5) is 0 Å². The minimum atomic E-state index is 0.739. The van der Waals surface area contributed by atoms with Crippen molar-refractivity contribution in [2.45, 2.75) is 0 Å². The van der Waals surface area contributed by atoms with Gasteiger partial charge in [0.15, 0.2) is 0 Å². The molecule has 3 rings (SSSR count). The molecule has 3 aromatic rings. The second-order valence-electron chi connectivity index (χ2n) is 4.95. The van der Waals surface area contributed by atoms with Crippen LogP contribution in [-0.4, -0.2) is 0 Å². The average molecular weight is 303 g/mol. The second-order valence-corrected chi connectivity index (χ2v) is 5.38. The molecule has 0 nitrogen and oxygen atoms in total. The molecule has 0 N–H and O–H groups in total. The summed E-state index contributed by atoms with van der Waals surface area (Å²) in [4.78, 5) is 0. The van der Waals surface area contributed by atoms with Gasteiger partial charge in [-0.2, -0.15) is 0 Å². The van der Waals surface area contributed by atoms with E-state index < -0.39 is 0 Å². The normalized spacial score (nSPS) is 9.86. The predicted molar refractivity (Wildman–Crippen MR) is 94.8 cm³/mol. The second kappa shape index (κ2) is 6.95. The molecule has 0 aromatic heterocycles. The minimum absolute atomic E-state index is 0.739. The first-order valence-electron chi connectivity index (χ1n) is 7.16. The Hall–Kier alpha value is -2.53. The molecule has 0 atom stereocenters. The Bertz CT molecular complexity index is 794. The molecular weight excluding hydrogens is 288 g/mol. The maximum Gasteiger partial charge on any atom is 0.0406 e. The van der Waals surface area contributed by atoms with Crippen LogP contribution < -0.4 is 0 Å². The maximum absolute atomic E-state index is 6.00. The minimum Gasteiger partial charge on any atom is -0.111 e. The van der Waals surface area contributed by atoms with Gasteiger partial charge in [-0.15, -0.1) is 5.73 Å². The van der Waals surface area contributed by atoms with Crippen molar-refractivity contribution in [2.24, 2.45) is 0 Å². The van der Waals surface area contributed by atoms with Gasteiger partial charge in [-0.25, -0.2) is 0 Å². The van der Waals surface area contributed by atoms with Gasteiger partial charge in [-0.1, -0.05) is 84.4 Å². The van der Waals surface area contributed by atoms with E-state index in [0.29, 0.717) is 0 Å². The van der Waals surface area contributed by atoms with Crippen molar-refractivity contribution in [1.82, 2.24) is 0 Å². The highest BCUT2D eigenvalue weighted by Crippen LogP contribution is 2.24. The molecule has 1 heteroatoms. The summed E-state index contributed by atoms with van der Waals surface area (Å²) in [5.41, 5.74) is 7.86. The highest BCUT2D eigenvalue weighted by Gasteiger charge is 2.03. The first-order valence-corrected chi connectivity index (χ1v) is 7.54. The molecule has 0 bridgehead atoms. The van der Waals surface area contributed by atoms with Crippen molar-refractivity contribution in [3.05, 3.63) is 112 Å². The molecule has 0 aliphatic heterocycles. The van der Waals surface area contributed by atoms with Crippen molar-refractivity contribution in [1.29, 1.82) is 0 Å². The van der Waals surface area contributed by atoms with Crippen molar-refractivity contribution < 1.29 is 0 Å². The Labute approximate surface area is 136 Å². The standard InChI is InChI=1S/C21H15Cl/c22-20-14-12-19(13-15-20)21(18-9-5-2-6-10-18)16-11-17-7-3-1-4-8-17/h1-15H. The quantitative estimate of drug-likeness (QED) is 0.514. The van der Waals surface area contributed by atoms with Crippen LogP contribution in [0.5, 0.6) is 0 Å². The van der Waals surface area contributed by atoms with Gasteiger partial charge in [0.25, 0.3) is 0 Å². The van der Waals surface area contributed by atoms with E-state index >= 15 is 0 Å². The van der Waals surface area contributed by atoms with Crippen molar-refractivity contribution in [3.8, 4) is 0 Å². The molecule has 0 aliphatic rings. The predicted octanol–water partition coefficient (Wildman–Crippen LogP) is 6.08. The van der Waals surface area contributed by atoms with E-state index in [0.717, 1.165) is 27.3 Å². The lowest BCUT2D eigenvalue weighted by atomic mass is 9.98. The summed E-state index contributed by atoms with van der Waals surface area (Å²) in [6.45, 7) is 0. The summed E-state index contributed by atoms with van der Waals surface area (Å²) in [6, 6.07) is 28.3. The van der Waals surface area contributed by atoms with E-state index in [2.05, 4.69) is 30.0 Å². The molecule has 0 fully saturated rings. The molecule has 0 spiro atoms. The van der Waals surface area contributed by atoms with Crippen LogP contribution in [0.2, 0.25) is 5.02 Å². The number of hydrogen-bond donors (Lipinski definition) is 0. The van der Waals surface area contributed by atoms with E-state index in [-0.39, 0.29) is 0 Å². The lowest BCUT2D eigenvalue weighted by molar-refractivity contribution is 1.55. The van der Waals surface area contributed by atoms with Gasteiger partial charge in [0.05, 0.1) is 0 Å². The Morgan fingerprint density at radius 1 is 0.682 bits per heavy atom. The Morgan fingerprint density at radius 2 is 1.23 bits per heavy atom. The maximum atomic E-state index is 6.00. The summed E-state index contributed by atoms with van der Waals surface area (Å²) in [6.07, 6.45) is 2.01. The van der Waals surface area contributed by atoms with Gasteiger partial charge in [-0.3, -0.25) is 0 Å². The average Bonchev–Trinajstić information content (AvgIpc) is 2.58. The Balaban J connectivity index is 2.11. The molecular formula is C21H15Cl. The zero-order valence-electron chi connectivity index (χ0n) is 12.0. The number of halogens is 1. The SMILES string of the molecule is Clc1ccc(C(=C=Cc2ccccc2)c2ccccc2)cc1. The lowest BCUT2D eigenvalue weighted by Crippen LogP contribution is -1.86. The van der Waals surface area contributed by atoms with Crippen LogP contribution in [0.1, 0.15) is 16.7 Å². The third-order valence-electron chi connectivity index (χ3n) is 3.38. The highest BCUT2D eigenvalue weighted by molar-refractivity contribution is 6.30. The van der Waals surface area contributed by atoms with Gasteiger partial charge in [0, 0.05) is 10.6 Å². The highest BCUT2D eigenvalue weighted by atomic mass is 35.5. The summed E-state index contributed by atoms with van der Waals surface area (Å²) in [7, 11) is 0. The molecule has 0 aliphatic carbocycles. The van der Waals surface area contributed by atoms with E-state index in [1.807, 2.05) is 66.7 Å². The molecule has 22 heavy (non-hydrogen) atoms. The van der Waals surface area contributed by atoms with Crippen LogP contribution in [0.15, 0.2) is 90.7 Å². The number of rotatable bonds is 3. The molecule has 0 saturated carbocycles. The molecule has 0 heterocycles. The zero-order valence-corrected chi connectivity index (χ0v) is 12.8. The summed E-state index contributed by atoms with van der Waals surface area (Å²) >= 11 is 6.00. The van der Waals surface area contributed by atoms with Gasteiger partial charge in [0.2, 0.25) is 0 Å². The van der Waals surface area contributed by atoms with Crippen molar-refractivity contribution in [2.75, 3.05) is 0 Å². The third kappa shape index (κ3) is 3.56. The van der Waals surface area contributed by atoms with Crippen LogP contribution in [-0.2, 0) is 0 Å². The molecule has 3 aromatic carbocycles. The molecule has 0 unspecified atom stereocenters. The monoisotopic (exact) mass is 302 g/mol. The first-order chi connectivity index (χ1) is 10.8.